The van der Waals surface area contributed by atoms with E-state index in [9.17, 15) is 18.0 Å². The molecule has 0 aliphatic carbocycles. The number of thiazole rings is 1. The van der Waals surface area contributed by atoms with E-state index >= 15 is 0 Å². The van der Waals surface area contributed by atoms with Crippen LogP contribution in [-0.4, -0.2) is 32.0 Å². The molecular formula is C24H20ClN3O5S2. The molecule has 0 spiro atoms. The van der Waals surface area contributed by atoms with Crippen LogP contribution in [0, 0.1) is 6.92 Å². The van der Waals surface area contributed by atoms with Crippen LogP contribution in [0.15, 0.2) is 76.6 Å². The zero-order chi connectivity index (χ0) is 25.2. The standard InChI is InChI=1S/C24H20ClN3O5S2/c1-15-6-9-19(10-7-15)35(31,32)27-18-5-3-4-16(12-18)23(30)26-24-28(14-22(29)33-2)20-11-8-17(25)13-21(20)34-24/h3-13,27H,14H2,1-2H3. The fraction of sp³-hybridized carbons (Fsp3) is 0.125. The summed E-state index contributed by atoms with van der Waals surface area (Å²) in [5, 5.41) is 0.510. The third kappa shape index (κ3) is 5.61. The Kier molecular flexibility index (Phi) is 7.06. The summed E-state index contributed by atoms with van der Waals surface area (Å²) in [6, 6.07) is 17.6. The van der Waals surface area contributed by atoms with E-state index < -0.39 is 21.9 Å². The summed E-state index contributed by atoms with van der Waals surface area (Å²) in [5.74, 6) is -1.10. The molecule has 1 N–H and O–H groups in total. The number of methoxy groups -OCH3 is 1. The lowest BCUT2D eigenvalue weighted by molar-refractivity contribution is -0.141. The maximum absolute atomic E-state index is 13.0. The molecule has 4 rings (SSSR count). The van der Waals surface area contributed by atoms with Gasteiger partial charge in [0.25, 0.3) is 15.9 Å². The predicted octanol–water partition coefficient (Wildman–Crippen LogP) is 4.38. The van der Waals surface area contributed by atoms with E-state index in [1.54, 1.807) is 47.0 Å². The average molecular weight is 530 g/mol. The molecule has 0 saturated heterocycles. The number of aromatic nitrogens is 1. The first kappa shape index (κ1) is 24.6. The highest BCUT2D eigenvalue weighted by molar-refractivity contribution is 7.92. The smallest absolute Gasteiger partial charge is 0.325 e. The monoisotopic (exact) mass is 529 g/mol. The van der Waals surface area contributed by atoms with Crippen molar-refractivity contribution in [3.8, 4) is 0 Å². The molecule has 3 aromatic carbocycles. The van der Waals surface area contributed by atoms with Gasteiger partial charge in [0.15, 0.2) is 4.80 Å². The van der Waals surface area contributed by atoms with Crippen molar-refractivity contribution in [2.75, 3.05) is 11.8 Å². The summed E-state index contributed by atoms with van der Waals surface area (Å²) in [4.78, 5) is 29.5. The highest BCUT2D eigenvalue weighted by Gasteiger charge is 2.16. The number of carbonyl (C=O) groups excluding carboxylic acids is 2. The molecule has 0 fully saturated rings. The number of sulfonamides is 1. The number of carbonyl (C=O) groups is 2. The molecule has 0 radical (unpaired) electrons. The van der Waals surface area contributed by atoms with Crippen molar-refractivity contribution in [2.45, 2.75) is 18.4 Å². The Balaban J connectivity index is 1.68. The third-order valence-corrected chi connectivity index (χ3v) is 7.72. The molecule has 4 aromatic rings. The van der Waals surface area contributed by atoms with E-state index in [0.29, 0.717) is 10.5 Å². The fourth-order valence-corrected chi connectivity index (χ4v) is 5.63. The summed E-state index contributed by atoms with van der Waals surface area (Å²) in [6.45, 7) is 1.73. The molecule has 0 atom stereocenters. The highest BCUT2D eigenvalue weighted by atomic mass is 35.5. The van der Waals surface area contributed by atoms with Crippen molar-refractivity contribution < 1.29 is 22.7 Å². The fourth-order valence-electron chi connectivity index (χ4n) is 3.28. The number of rotatable bonds is 6. The minimum atomic E-state index is -3.83. The molecule has 0 aliphatic rings. The van der Waals surface area contributed by atoms with Gasteiger partial charge in [-0.2, -0.15) is 4.99 Å². The molecule has 8 nitrogen and oxygen atoms in total. The Morgan fingerprint density at radius 2 is 1.83 bits per heavy atom. The number of amides is 1. The van der Waals surface area contributed by atoms with Crippen LogP contribution in [0.3, 0.4) is 0 Å². The first-order chi connectivity index (χ1) is 16.7. The molecule has 35 heavy (non-hydrogen) atoms. The number of nitrogens with zero attached hydrogens (tertiary/aromatic N) is 2. The van der Waals surface area contributed by atoms with Gasteiger partial charge in [0, 0.05) is 16.3 Å². The summed E-state index contributed by atoms with van der Waals surface area (Å²) < 4.78 is 35.0. The van der Waals surface area contributed by atoms with E-state index in [0.717, 1.165) is 10.3 Å². The van der Waals surface area contributed by atoms with Gasteiger partial charge in [-0.3, -0.25) is 14.3 Å². The van der Waals surface area contributed by atoms with Crippen LogP contribution in [0.25, 0.3) is 10.2 Å². The summed E-state index contributed by atoms with van der Waals surface area (Å²) >= 11 is 7.29. The predicted molar refractivity (Wildman–Crippen MR) is 135 cm³/mol. The lowest BCUT2D eigenvalue weighted by atomic mass is 10.2. The van der Waals surface area contributed by atoms with Crippen LogP contribution in [0.1, 0.15) is 15.9 Å². The van der Waals surface area contributed by atoms with Crippen LogP contribution >= 0.6 is 22.9 Å². The summed E-state index contributed by atoms with van der Waals surface area (Å²) in [7, 11) is -2.56. The van der Waals surface area contributed by atoms with Crippen molar-refractivity contribution >= 4 is 60.7 Å². The van der Waals surface area contributed by atoms with E-state index in [2.05, 4.69) is 9.71 Å². The van der Waals surface area contributed by atoms with E-state index in [-0.39, 0.29) is 27.5 Å². The number of hydrogen-bond donors (Lipinski definition) is 1. The molecule has 180 valence electrons. The molecule has 11 heteroatoms. The zero-order valence-corrected chi connectivity index (χ0v) is 21.1. The Bertz CT molecular complexity index is 1610. The van der Waals surface area contributed by atoms with Gasteiger partial charge in [0.2, 0.25) is 0 Å². The van der Waals surface area contributed by atoms with Gasteiger partial charge in [-0.25, -0.2) is 8.42 Å². The maximum Gasteiger partial charge on any atom is 0.325 e. The second-order valence-electron chi connectivity index (χ2n) is 7.58. The third-order valence-electron chi connectivity index (χ3n) is 5.05. The number of benzene rings is 3. The SMILES string of the molecule is COC(=O)Cn1c(=NC(=O)c2cccc(NS(=O)(=O)c3ccc(C)cc3)c2)sc2cc(Cl)ccc21. The summed E-state index contributed by atoms with van der Waals surface area (Å²) in [6.07, 6.45) is 0. The Labute approximate surface area is 210 Å². The largest absolute Gasteiger partial charge is 0.468 e. The van der Waals surface area contributed by atoms with E-state index in [1.165, 1.54) is 42.7 Å². The Morgan fingerprint density at radius 3 is 2.54 bits per heavy atom. The van der Waals surface area contributed by atoms with Gasteiger partial charge in [0.1, 0.15) is 6.54 Å². The van der Waals surface area contributed by atoms with Gasteiger partial charge in [0.05, 0.1) is 22.2 Å². The molecule has 0 bridgehead atoms. The van der Waals surface area contributed by atoms with Gasteiger partial charge in [-0.05, 0) is 55.5 Å². The number of nitrogens with one attached hydrogen (secondary N) is 1. The minimum absolute atomic E-state index is 0.109. The minimum Gasteiger partial charge on any atom is -0.468 e. The first-order valence-electron chi connectivity index (χ1n) is 10.3. The van der Waals surface area contributed by atoms with Crippen molar-refractivity contribution in [3.63, 3.8) is 0 Å². The number of hydrogen-bond acceptors (Lipinski definition) is 6. The second kappa shape index (κ2) is 10.0. The normalized spacial score (nSPS) is 12.0. The maximum atomic E-state index is 13.0. The molecule has 0 aliphatic heterocycles. The lowest BCUT2D eigenvalue weighted by Gasteiger charge is -2.09. The number of halogens is 1. The quantitative estimate of drug-likeness (QED) is 0.373. The average Bonchev–Trinajstić information content (AvgIpc) is 3.14. The topological polar surface area (TPSA) is 107 Å². The van der Waals surface area contributed by atoms with E-state index in [1.807, 2.05) is 6.92 Å². The number of anilines is 1. The van der Waals surface area contributed by atoms with Crippen LogP contribution in [0.5, 0.6) is 0 Å². The van der Waals surface area contributed by atoms with Crippen molar-refractivity contribution in [2.24, 2.45) is 4.99 Å². The van der Waals surface area contributed by atoms with Gasteiger partial charge >= 0.3 is 5.97 Å². The van der Waals surface area contributed by atoms with Crippen molar-refractivity contribution in [3.05, 3.63) is 87.7 Å². The van der Waals surface area contributed by atoms with Gasteiger partial charge < -0.3 is 9.30 Å². The van der Waals surface area contributed by atoms with Crippen molar-refractivity contribution in [1.82, 2.24) is 4.57 Å². The molecular weight excluding hydrogens is 510 g/mol. The summed E-state index contributed by atoms with van der Waals surface area (Å²) in [5.41, 5.74) is 2.01. The molecule has 1 aromatic heterocycles. The van der Waals surface area contributed by atoms with Crippen LogP contribution in [0.4, 0.5) is 5.69 Å². The molecule has 0 saturated carbocycles. The first-order valence-corrected chi connectivity index (χ1v) is 13.0. The van der Waals surface area contributed by atoms with Gasteiger partial charge in [-0.15, -0.1) is 0 Å². The van der Waals surface area contributed by atoms with Crippen LogP contribution in [-0.2, 0) is 26.1 Å². The number of ether oxygens (including phenoxy) is 1. The number of fused-ring (bicyclic) bond motifs is 1. The number of aryl methyl sites for hydroxylation is 1. The lowest BCUT2D eigenvalue weighted by Crippen LogP contribution is -2.22. The van der Waals surface area contributed by atoms with Crippen LogP contribution < -0.4 is 9.52 Å². The van der Waals surface area contributed by atoms with Crippen LogP contribution in [0.2, 0.25) is 5.02 Å². The molecule has 1 heterocycles. The van der Waals surface area contributed by atoms with Crippen molar-refractivity contribution in [1.29, 1.82) is 0 Å². The highest BCUT2D eigenvalue weighted by Crippen LogP contribution is 2.22. The van der Waals surface area contributed by atoms with Gasteiger partial charge in [-0.1, -0.05) is 46.7 Å². The number of esters is 1. The Hall–Kier alpha value is -3.47. The molecule has 0 unspecified atom stereocenters. The Morgan fingerprint density at radius 1 is 1.09 bits per heavy atom. The molecule has 1 amide bonds. The second-order valence-corrected chi connectivity index (χ2v) is 10.7. The zero-order valence-electron chi connectivity index (χ0n) is 18.7. The van der Waals surface area contributed by atoms with E-state index in [4.69, 9.17) is 16.3 Å².